The number of nitrogens with two attached hydrogens (primary N) is 1. The molecule has 21 heavy (non-hydrogen) atoms. The molecular formula is C18H30N2O. The van der Waals surface area contributed by atoms with Gasteiger partial charge in [0.2, 0.25) is 0 Å². The van der Waals surface area contributed by atoms with Gasteiger partial charge in [-0.1, -0.05) is 26.8 Å². The molecule has 2 rings (SSSR count). The molecule has 0 aliphatic carbocycles. The normalized spacial score (nSPS) is 23.5. The third kappa shape index (κ3) is 4.72. The fourth-order valence-corrected chi connectivity index (χ4v) is 3.37. The molecule has 0 bridgehead atoms. The number of aryl methyl sites for hydroxylation is 1. The van der Waals surface area contributed by atoms with Crippen molar-refractivity contribution in [3.05, 3.63) is 29.3 Å². The summed E-state index contributed by atoms with van der Waals surface area (Å²) in [7, 11) is 0. The van der Waals surface area contributed by atoms with Gasteiger partial charge in [0.25, 0.3) is 0 Å². The van der Waals surface area contributed by atoms with E-state index in [9.17, 15) is 0 Å². The van der Waals surface area contributed by atoms with Gasteiger partial charge in [0, 0.05) is 25.7 Å². The van der Waals surface area contributed by atoms with Crippen molar-refractivity contribution in [1.29, 1.82) is 0 Å². The van der Waals surface area contributed by atoms with Crippen LogP contribution in [-0.2, 0) is 0 Å². The zero-order valence-electron chi connectivity index (χ0n) is 13.9. The van der Waals surface area contributed by atoms with Crippen LogP contribution in [0.5, 0.6) is 5.75 Å². The first kappa shape index (κ1) is 16.3. The predicted octanol–water partition coefficient (Wildman–Crippen LogP) is 3.17. The molecule has 0 spiro atoms. The number of hydrogen-bond acceptors (Lipinski definition) is 3. The fourth-order valence-electron chi connectivity index (χ4n) is 3.37. The van der Waals surface area contributed by atoms with Crippen molar-refractivity contribution >= 4 is 0 Å². The highest BCUT2D eigenvalue weighted by atomic mass is 16.5. The summed E-state index contributed by atoms with van der Waals surface area (Å²) in [5, 5.41) is 0. The number of hydrogen-bond donors (Lipinski definition) is 1. The highest BCUT2D eigenvalue weighted by molar-refractivity contribution is 5.36. The highest BCUT2D eigenvalue weighted by Gasteiger charge is 2.21. The van der Waals surface area contributed by atoms with E-state index < -0.39 is 0 Å². The largest absolute Gasteiger partial charge is 0.492 e. The van der Waals surface area contributed by atoms with Crippen LogP contribution in [0.4, 0.5) is 0 Å². The van der Waals surface area contributed by atoms with Gasteiger partial charge in [0.15, 0.2) is 0 Å². The Kier molecular flexibility index (Phi) is 5.65. The second-order valence-corrected chi connectivity index (χ2v) is 6.88. The van der Waals surface area contributed by atoms with E-state index in [2.05, 4.69) is 50.8 Å². The number of nitrogens with zero attached hydrogens (tertiary/aromatic N) is 1. The number of piperidine rings is 1. The summed E-state index contributed by atoms with van der Waals surface area (Å²) in [4.78, 5) is 2.42. The molecule has 2 N–H and O–H groups in total. The minimum absolute atomic E-state index is 0.321. The number of likely N-dealkylation sites (tertiary alicyclic amines) is 1. The zero-order chi connectivity index (χ0) is 15.4. The van der Waals surface area contributed by atoms with E-state index in [-0.39, 0.29) is 0 Å². The van der Waals surface area contributed by atoms with Crippen LogP contribution in [0, 0.1) is 12.8 Å². The number of ether oxygens (including phenoxy) is 1. The Bertz CT molecular complexity index is 449. The van der Waals surface area contributed by atoms with Crippen LogP contribution in [-0.4, -0.2) is 37.2 Å². The molecule has 1 aliphatic heterocycles. The number of rotatable bonds is 5. The van der Waals surface area contributed by atoms with Gasteiger partial charge >= 0.3 is 0 Å². The Hall–Kier alpha value is -1.06. The third-order valence-corrected chi connectivity index (χ3v) is 4.31. The molecule has 3 heteroatoms. The lowest BCUT2D eigenvalue weighted by atomic mass is 9.97. The molecule has 118 valence electrons. The predicted molar refractivity (Wildman–Crippen MR) is 89.0 cm³/mol. The number of benzene rings is 1. The summed E-state index contributed by atoms with van der Waals surface area (Å²) < 4.78 is 5.91. The van der Waals surface area contributed by atoms with E-state index in [0.29, 0.717) is 17.9 Å². The van der Waals surface area contributed by atoms with Crippen LogP contribution in [0.15, 0.2) is 18.2 Å². The maximum atomic E-state index is 6.08. The topological polar surface area (TPSA) is 38.5 Å². The molecular weight excluding hydrogens is 260 g/mol. The van der Waals surface area contributed by atoms with Crippen LogP contribution < -0.4 is 10.5 Å². The quantitative estimate of drug-likeness (QED) is 0.905. The molecule has 0 saturated carbocycles. The maximum absolute atomic E-state index is 6.08. The standard InChI is InChI=1S/C18H30N2O/c1-13(2)18-6-5-17(10-15(18)4)21-8-7-20-11-14(3)9-16(19)12-20/h5-6,10,13-14,16H,7-9,11-12,19H2,1-4H3. The van der Waals surface area contributed by atoms with Crippen LogP contribution in [0.25, 0.3) is 0 Å². The van der Waals surface area contributed by atoms with Crippen LogP contribution in [0.3, 0.4) is 0 Å². The summed E-state index contributed by atoms with van der Waals surface area (Å²) in [6, 6.07) is 6.75. The van der Waals surface area contributed by atoms with E-state index >= 15 is 0 Å². The fraction of sp³-hybridized carbons (Fsp3) is 0.667. The molecule has 3 nitrogen and oxygen atoms in total. The van der Waals surface area contributed by atoms with Crippen LogP contribution in [0.1, 0.15) is 44.2 Å². The summed E-state index contributed by atoms with van der Waals surface area (Å²) in [6.45, 7) is 12.7. The molecule has 1 fully saturated rings. The summed E-state index contributed by atoms with van der Waals surface area (Å²) >= 11 is 0. The lowest BCUT2D eigenvalue weighted by molar-refractivity contribution is 0.140. The molecule has 0 radical (unpaired) electrons. The Morgan fingerprint density at radius 1 is 1.33 bits per heavy atom. The maximum Gasteiger partial charge on any atom is 0.119 e. The van der Waals surface area contributed by atoms with Gasteiger partial charge in [-0.2, -0.15) is 0 Å². The Labute approximate surface area is 129 Å². The van der Waals surface area contributed by atoms with E-state index in [1.54, 1.807) is 0 Å². The lowest BCUT2D eigenvalue weighted by Crippen LogP contribution is -2.47. The molecule has 2 unspecified atom stereocenters. The van der Waals surface area contributed by atoms with Crippen molar-refractivity contribution in [2.45, 2.75) is 46.1 Å². The van der Waals surface area contributed by atoms with Crippen molar-refractivity contribution in [3.8, 4) is 5.75 Å². The first-order valence-corrected chi connectivity index (χ1v) is 8.17. The van der Waals surface area contributed by atoms with Crippen molar-refractivity contribution in [2.75, 3.05) is 26.2 Å². The summed E-state index contributed by atoms with van der Waals surface area (Å²) in [5.41, 5.74) is 8.80. The monoisotopic (exact) mass is 290 g/mol. The van der Waals surface area contributed by atoms with Gasteiger partial charge in [-0.25, -0.2) is 0 Å². The molecule has 1 aromatic carbocycles. The molecule has 1 heterocycles. The first-order valence-electron chi connectivity index (χ1n) is 8.17. The average molecular weight is 290 g/mol. The molecule has 1 aliphatic rings. The van der Waals surface area contributed by atoms with Crippen molar-refractivity contribution in [3.63, 3.8) is 0 Å². The molecule has 2 atom stereocenters. The second-order valence-electron chi connectivity index (χ2n) is 6.88. The van der Waals surface area contributed by atoms with Gasteiger partial charge in [-0.3, -0.25) is 4.90 Å². The zero-order valence-corrected chi connectivity index (χ0v) is 13.9. The van der Waals surface area contributed by atoms with Crippen molar-refractivity contribution in [1.82, 2.24) is 4.90 Å². The third-order valence-electron chi connectivity index (χ3n) is 4.31. The first-order chi connectivity index (χ1) is 9.95. The Morgan fingerprint density at radius 3 is 2.71 bits per heavy atom. The summed E-state index contributed by atoms with van der Waals surface area (Å²) in [5.74, 6) is 2.24. The van der Waals surface area contributed by atoms with E-state index in [1.165, 1.54) is 11.1 Å². The molecule has 0 amide bonds. The van der Waals surface area contributed by atoms with E-state index in [0.717, 1.165) is 38.4 Å². The minimum Gasteiger partial charge on any atom is -0.492 e. The molecule has 1 saturated heterocycles. The Morgan fingerprint density at radius 2 is 2.10 bits per heavy atom. The smallest absolute Gasteiger partial charge is 0.119 e. The average Bonchev–Trinajstić information content (AvgIpc) is 2.37. The lowest BCUT2D eigenvalue weighted by Gasteiger charge is -2.34. The minimum atomic E-state index is 0.321. The molecule has 0 aromatic heterocycles. The van der Waals surface area contributed by atoms with Gasteiger partial charge in [0.1, 0.15) is 12.4 Å². The molecule has 1 aromatic rings. The van der Waals surface area contributed by atoms with Gasteiger partial charge in [-0.05, 0) is 48.4 Å². The Balaban J connectivity index is 1.82. The van der Waals surface area contributed by atoms with E-state index in [1.807, 2.05) is 0 Å². The van der Waals surface area contributed by atoms with Gasteiger partial charge in [0.05, 0.1) is 0 Å². The van der Waals surface area contributed by atoms with Gasteiger partial charge < -0.3 is 10.5 Å². The van der Waals surface area contributed by atoms with E-state index in [4.69, 9.17) is 10.5 Å². The van der Waals surface area contributed by atoms with Crippen LogP contribution in [0.2, 0.25) is 0 Å². The second kappa shape index (κ2) is 7.28. The SMILES string of the molecule is Cc1cc(OCCN2CC(C)CC(N)C2)ccc1C(C)C. The van der Waals surface area contributed by atoms with Crippen LogP contribution >= 0.6 is 0 Å². The summed E-state index contributed by atoms with van der Waals surface area (Å²) in [6.07, 6.45) is 1.15. The van der Waals surface area contributed by atoms with Gasteiger partial charge in [-0.15, -0.1) is 0 Å². The van der Waals surface area contributed by atoms with Crippen molar-refractivity contribution in [2.24, 2.45) is 11.7 Å². The highest BCUT2D eigenvalue weighted by Crippen LogP contribution is 2.23. The van der Waals surface area contributed by atoms with Crippen molar-refractivity contribution < 1.29 is 4.74 Å².